The molecule has 0 aliphatic carbocycles. The van der Waals surface area contributed by atoms with Crippen LogP contribution in [0.3, 0.4) is 0 Å². The minimum Gasteiger partial charge on any atom is -0.312 e. The second-order valence-corrected chi connectivity index (χ2v) is 2.55. The molecule has 2 atom stereocenters. The average Bonchev–Trinajstić information content (AvgIpc) is 2.20. The molecule has 1 rings (SSSR count). The maximum absolute atomic E-state index is 3.42. The van der Waals surface area contributed by atoms with Crippen LogP contribution in [-0.2, 0) is 0 Å². The van der Waals surface area contributed by atoms with E-state index in [4.69, 9.17) is 0 Å². The second kappa shape index (κ2) is 4.80. The Labute approximate surface area is 58.8 Å². The quantitative estimate of drug-likeness (QED) is 0.528. The highest BCUT2D eigenvalue weighted by molar-refractivity contribution is 4.76. The normalized spacial score (nSPS) is 33.3. The molecule has 1 N–H and O–H groups in total. The molecule has 0 unspecified atom stereocenters. The SMILES string of the molecule is CC.C[C@@H]1CC[C@H](C)N1. The van der Waals surface area contributed by atoms with Crippen LogP contribution in [0.5, 0.6) is 0 Å². The van der Waals surface area contributed by atoms with Crippen LogP contribution < -0.4 is 5.32 Å². The van der Waals surface area contributed by atoms with Crippen molar-refractivity contribution in [3.8, 4) is 0 Å². The fourth-order valence-electron chi connectivity index (χ4n) is 1.15. The summed E-state index contributed by atoms with van der Waals surface area (Å²) in [6.07, 6.45) is 2.72. The smallest absolute Gasteiger partial charge is 0.00417 e. The molecule has 0 aromatic heterocycles. The first-order valence-electron chi connectivity index (χ1n) is 4.05. The van der Waals surface area contributed by atoms with Gasteiger partial charge < -0.3 is 5.32 Å². The molecule has 0 aromatic rings. The van der Waals surface area contributed by atoms with Gasteiger partial charge in [-0.1, -0.05) is 13.8 Å². The van der Waals surface area contributed by atoms with Gasteiger partial charge >= 0.3 is 0 Å². The predicted molar refractivity (Wildman–Crippen MR) is 42.6 cm³/mol. The molecule has 1 saturated heterocycles. The van der Waals surface area contributed by atoms with Crippen molar-refractivity contribution < 1.29 is 0 Å². The lowest BCUT2D eigenvalue weighted by Crippen LogP contribution is -2.23. The molecule has 0 spiro atoms. The van der Waals surface area contributed by atoms with Gasteiger partial charge in [0.15, 0.2) is 0 Å². The van der Waals surface area contributed by atoms with Gasteiger partial charge in [0.05, 0.1) is 0 Å². The summed E-state index contributed by atoms with van der Waals surface area (Å²) in [5.74, 6) is 0. The van der Waals surface area contributed by atoms with Crippen molar-refractivity contribution in [2.45, 2.75) is 52.6 Å². The summed E-state index contributed by atoms with van der Waals surface area (Å²) in [6, 6.07) is 1.55. The van der Waals surface area contributed by atoms with Gasteiger partial charge in [0.25, 0.3) is 0 Å². The Kier molecular flexibility index (Phi) is 4.78. The Morgan fingerprint density at radius 1 is 1.00 bits per heavy atom. The summed E-state index contributed by atoms with van der Waals surface area (Å²) in [7, 11) is 0. The van der Waals surface area contributed by atoms with E-state index in [1.165, 1.54) is 12.8 Å². The summed E-state index contributed by atoms with van der Waals surface area (Å²) in [5, 5.41) is 3.42. The van der Waals surface area contributed by atoms with Gasteiger partial charge in [-0.3, -0.25) is 0 Å². The third-order valence-corrected chi connectivity index (χ3v) is 1.60. The molecule has 56 valence electrons. The third-order valence-electron chi connectivity index (χ3n) is 1.60. The Morgan fingerprint density at radius 3 is 1.44 bits per heavy atom. The molecule has 0 saturated carbocycles. The fraction of sp³-hybridized carbons (Fsp3) is 1.00. The van der Waals surface area contributed by atoms with Crippen LogP contribution in [0.15, 0.2) is 0 Å². The van der Waals surface area contributed by atoms with E-state index in [2.05, 4.69) is 19.2 Å². The molecule has 1 fully saturated rings. The van der Waals surface area contributed by atoms with Crippen LogP contribution in [0.25, 0.3) is 0 Å². The number of hydrogen-bond donors (Lipinski definition) is 1. The van der Waals surface area contributed by atoms with Gasteiger partial charge in [0.2, 0.25) is 0 Å². The maximum Gasteiger partial charge on any atom is 0.00417 e. The lowest BCUT2D eigenvalue weighted by Gasteiger charge is -2.01. The Morgan fingerprint density at radius 2 is 1.33 bits per heavy atom. The van der Waals surface area contributed by atoms with E-state index in [0.717, 1.165) is 12.1 Å². The largest absolute Gasteiger partial charge is 0.312 e. The van der Waals surface area contributed by atoms with Crippen molar-refractivity contribution >= 4 is 0 Å². The zero-order valence-electron chi connectivity index (χ0n) is 7.07. The van der Waals surface area contributed by atoms with Crippen molar-refractivity contribution in [1.82, 2.24) is 5.32 Å². The molecule has 1 heteroatoms. The first kappa shape index (κ1) is 8.96. The summed E-state index contributed by atoms with van der Waals surface area (Å²) in [6.45, 7) is 8.48. The highest BCUT2D eigenvalue weighted by Gasteiger charge is 2.14. The standard InChI is InChI=1S/C6H13N.C2H6/c1-5-3-4-6(2)7-5;1-2/h5-7H,3-4H2,1-2H3;1-2H3/t5-,6+;. The van der Waals surface area contributed by atoms with E-state index < -0.39 is 0 Å². The first-order chi connectivity index (χ1) is 4.29. The van der Waals surface area contributed by atoms with Gasteiger partial charge in [0, 0.05) is 12.1 Å². The number of rotatable bonds is 0. The zero-order chi connectivity index (χ0) is 7.28. The molecule has 0 amide bonds. The van der Waals surface area contributed by atoms with Crippen molar-refractivity contribution in [2.75, 3.05) is 0 Å². The fourth-order valence-corrected chi connectivity index (χ4v) is 1.15. The van der Waals surface area contributed by atoms with Gasteiger partial charge in [-0.05, 0) is 26.7 Å². The monoisotopic (exact) mass is 129 g/mol. The van der Waals surface area contributed by atoms with E-state index in [-0.39, 0.29) is 0 Å². The molecular formula is C8H19N. The van der Waals surface area contributed by atoms with Crippen LogP contribution >= 0.6 is 0 Å². The van der Waals surface area contributed by atoms with E-state index >= 15 is 0 Å². The Hall–Kier alpha value is -0.0400. The lowest BCUT2D eigenvalue weighted by molar-refractivity contribution is 0.596. The molecule has 1 heterocycles. The molecule has 0 aromatic carbocycles. The first-order valence-corrected chi connectivity index (χ1v) is 4.05. The maximum atomic E-state index is 3.42. The summed E-state index contributed by atoms with van der Waals surface area (Å²) in [5.41, 5.74) is 0. The second-order valence-electron chi connectivity index (χ2n) is 2.55. The third kappa shape index (κ3) is 3.52. The summed E-state index contributed by atoms with van der Waals surface area (Å²) >= 11 is 0. The summed E-state index contributed by atoms with van der Waals surface area (Å²) < 4.78 is 0. The minimum atomic E-state index is 0.773. The molecule has 0 bridgehead atoms. The van der Waals surface area contributed by atoms with E-state index in [9.17, 15) is 0 Å². The summed E-state index contributed by atoms with van der Waals surface area (Å²) in [4.78, 5) is 0. The van der Waals surface area contributed by atoms with Gasteiger partial charge in [-0.15, -0.1) is 0 Å². The van der Waals surface area contributed by atoms with Crippen LogP contribution in [0.4, 0.5) is 0 Å². The van der Waals surface area contributed by atoms with Crippen molar-refractivity contribution in [2.24, 2.45) is 0 Å². The minimum absolute atomic E-state index is 0.773. The van der Waals surface area contributed by atoms with Gasteiger partial charge in [0.1, 0.15) is 0 Å². The number of hydrogen-bond acceptors (Lipinski definition) is 1. The average molecular weight is 129 g/mol. The Balaban J connectivity index is 0.000000291. The Bertz CT molecular complexity index is 53.6. The van der Waals surface area contributed by atoms with Crippen LogP contribution in [-0.4, -0.2) is 12.1 Å². The topological polar surface area (TPSA) is 12.0 Å². The van der Waals surface area contributed by atoms with E-state index in [0.29, 0.717) is 0 Å². The molecular weight excluding hydrogens is 110 g/mol. The molecule has 1 nitrogen and oxygen atoms in total. The molecule has 0 radical (unpaired) electrons. The highest BCUT2D eigenvalue weighted by Crippen LogP contribution is 2.09. The zero-order valence-corrected chi connectivity index (χ0v) is 7.07. The highest BCUT2D eigenvalue weighted by atomic mass is 15.0. The van der Waals surface area contributed by atoms with Crippen LogP contribution in [0, 0.1) is 0 Å². The van der Waals surface area contributed by atoms with Gasteiger partial charge in [-0.2, -0.15) is 0 Å². The van der Waals surface area contributed by atoms with Crippen molar-refractivity contribution in [3.63, 3.8) is 0 Å². The predicted octanol–water partition coefficient (Wildman–Crippen LogP) is 2.17. The van der Waals surface area contributed by atoms with Crippen LogP contribution in [0.1, 0.15) is 40.5 Å². The molecule has 9 heavy (non-hydrogen) atoms. The van der Waals surface area contributed by atoms with E-state index in [1.807, 2.05) is 13.8 Å². The van der Waals surface area contributed by atoms with E-state index in [1.54, 1.807) is 0 Å². The molecule has 1 aliphatic heterocycles. The van der Waals surface area contributed by atoms with Gasteiger partial charge in [-0.25, -0.2) is 0 Å². The lowest BCUT2D eigenvalue weighted by atomic mass is 10.2. The molecule has 1 aliphatic rings. The van der Waals surface area contributed by atoms with Crippen LogP contribution in [0.2, 0.25) is 0 Å². The van der Waals surface area contributed by atoms with Crippen molar-refractivity contribution in [1.29, 1.82) is 0 Å². The number of nitrogens with one attached hydrogen (secondary N) is 1. The van der Waals surface area contributed by atoms with Crippen molar-refractivity contribution in [3.05, 3.63) is 0 Å².